The van der Waals surface area contributed by atoms with Gasteiger partial charge in [0, 0.05) is 18.2 Å². The van der Waals surface area contributed by atoms with E-state index >= 15 is 0 Å². The Bertz CT molecular complexity index is 517. The topological polar surface area (TPSA) is 23.5 Å². The molecule has 20 heavy (non-hydrogen) atoms. The lowest BCUT2D eigenvalue weighted by Gasteiger charge is -2.38. The first-order valence-corrected chi connectivity index (χ1v) is 7.23. The Morgan fingerprint density at radius 3 is 2.90 bits per heavy atom. The summed E-state index contributed by atoms with van der Waals surface area (Å²) in [5.74, 6) is 5.76. The molecule has 1 heterocycles. The normalized spacial score (nSPS) is 23.2. The first-order valence-electron chi connectivity index (χ1n) is 7.23. The molecular formula is C17H22FNO. The zero-order valence-corrected chi connectivity index (χ0v) is 12.2. The molecule has 3 heteroatoms. The molecule has 2 rings (SSSR count). The van der Waals surface area contributed by atoms with Crippen molar-refractivity contribution in [3.63, 3.8) is 0 Å². The third-order valence-corrected chi connectivity index (χ3v) is 4.16. The summed E-state index contributed by atoms with van der Waals surface area (Å²) in [6.45, 7) is 6.15. The number of benzene rings is 1. The van der Waals surface area contributed by atoms with Crippen LogP contribution < -0.4 is 0 Å². The highest BCUT2D eigenvalue weighted by molar-refractivity contribution is 5.37. The average Bonchev–Trinajstić information content (AvgIpc) is 2.41. The molecule has 1 aromatic carbocycles. The van der Waals surface area contributed by atoms with Gasteiger partial charge in [-0.2, -0.15) is 0 Å². The summed E-state index contributed by atoms with van der Waals surface area (Å²) in [6.07, 6.45) is 2.48. The van der Waals surface area contributed by atoms with E-state index in [9.17, 15) is 4.39 Å². The van der Waals surface area contributed by atoms with Gasteiger partial charge in [0.1, 0.15) is 12.4 Å². The van der Waals surface area contributed by atoms with E-state index in [4.69, 9.17) is 5.11 Å². The minimum Gasteiger partial charge on any atom is -0.384 e. The van der Waals surface area contributed by atoms with E-state index in [1.165, 1.54) is 18.9 Å². The molecule has 0 bridgehead atoms. The number of hydrogen-bond acceptors (Lipinski definition) is 2. The molecular weight excluding hydrogens is 253 g/mol. The van der Waals surface area contributed by atoms with Crippen LogP contribution in [0.5, 0.6) is 0 Å². The van der Waals surface area contributed by atoms with E-state index in [1.54, 1.807) is 6.07 Å². The van der Waals surface area contributed by atoms with Crippen LogP contribution in [0.3, 0.4) is 0 Å². The quantitative estimate of drug-likeness (QED) is 0.839. The summed E-state index contributed by atoms with van der Waals surface area (Å²) in [4.78, 5) is 2.41. The Morgan fingerprint density at radius 2 is 2.15 bits per heavy atom. The third-order valence-electron chi connectivity index (χ3n) is 4.16. The fourth-order valence-electron chi connectivity index (χ4n) is 2.83. The zero-order valence-electron chi connectivity index (χ0n) is 12.2. The van der Waals surface area contributed by atoms with Gasteiger partial charge in [0.05, 0.1) is 0 Å². The van der Waals surface area contributed by atoms with E-state index in [0.717, 1.165) is 18.7 Å². The first kappa shape index (κ1) is 15.0. The number of aliphatic hydroxyl groups excluding tert-OH is 1. The second kappa shape index (κ2) is 6.88. The smallest absolute Gasteiger partial charge is 0.124 e. The van der Waals surface area contributed by atoms with Crippen LogP contribution in [0.2, 0.25) is 0 Å². The van der Waals surface area contributed by atoms with Crippen molar-refractivity contribution >= 4 is 0 Å². The van der Waals surface area contributed by atoms with E-state index in [-0.39, 0.29) is 12.4 Å². The maximum atomic E-state index is 13.6. The standard InChI is InChI=1S/C17H22FNO/c1-13-5-3-7-19(14(13)2)12-16-9-15(6-4-8-20)10-17(18)11-16/h9-11,13-14,20H,3,5,7-8,12H2,1-2H3. The molecule has 1 aliphatic rings. The number of likely N-dealkylation sites (tertiary alicyclic amines) is 1. The van der Waals surface area contributed by atoms with Crippen molar-refractivity contribution in [3.8, 4) is 11.8 Å². The number of rotatable bonds is 2. The number of nitrogens with zero attached hydrogens (tertiary/aromatic N) is 1. The van der Waals surface area contributed by atoms with Crippen molar-refractivity contribution < 1.29 is 9.50 Å². The SMILES string of the molecule is CC1CCCN(Cc2cc(F)cc(C#CCO)c2)C1C. The molecule has 2 nitrogen and oxygen atoms in total. The maximum Gasteiger partial charge on any atom is 0.124 e. The van der Waals surface area contributed by atoms with Crippen molar-refractivity contribution in [2.75, 3.05) is 13.2 Å². The van der Waals surface area contributed by atoms with Gasteiger partial charge in [-0.05, 0) is 56.0 Å². The lowest BCUT2D eigenvalue weighted by atomic mass is 9.91. The van der Waals surface area contributed by atoms with Crippen LogP contribution in [-0.2, 0) is 6.54 Å². The van der Waals surface area contributed by atoms with Gasteiger partial charge in [-0.25, -0.2) is 4.39 Å². The fraction of sp³-hybridized carbons (Fsp3) is 0.529. The number of hydrogen-bond donors (Lipinski definition) is 1. The second-order valence-electron chi connectivity index (χ2n) is 5.64. The van der Waals surface area contributed by atoms with Gasteiger partial charge in [-0.1, -0.05) is 18.8 Å². The summed E-state index contributed by atoms with van der Waals surface area (Å²) in [7, 11) is 0. The zero-order chi connectivity index (χ0) is 14.5. The van der Waals surface area contributed by atoms with Crippen molar-refractivity contribution in [3.05, 3.63) is 35.1 Å². The maximum absolute atomic E-state index is 13.6. The molecule has 0 radical (unpaired) electrons. The summed E-state index contributed by atoms with van der Waals surface area (Å²) in [5, 5.41) is 8.72. The number of piperidine rings is 1. The Labute approximate surface area is 120 Å². The minimum atomic E-state index is -0.262. The second-order valence-corrected chi connectivity index (χ2v) is 5.64. The Kier molecular flexibility index (Phi) is 5.17. The molecule has 0 spiro atoms. The van der Waals surface area contributed by atoms with Gasteiger partial charge in [-0.3, -0.25) is 4.90 Å². The fourth-order valence-corrected chi connectivity index (χ4v) is 2.83. The molecule has 1 fully saturated rings. The summed E-state index contributed by atoms with van der Waals surface area (Å²) in [6, 6.07) is 5.43. The van der Waals surface area contributed by atoms with E-state index < -0.39 is 0 Å². The van der Waals surface area contributed by atoms with Crippen molar-refractivity contribution in [2.45, 2.75) is 39.3 Å². The van der Waals surface area contributed by atoms with Crippen LogP contribution in [0.25, 0.3) is 0 Å². The summed E-state index contributed by atoms with van der Waals surface area (Å²) >= 11 is 0. The molecule has 108 valence electrons. The minimum absolute atomic E-state index is 0.202. The highest BCUT2D eigenvalue weighted by atomic mass is 19.1. The molecule has 0 aliphatic carbocycles. The van der Waals surface area contributed by atoms with Gasteiger partial charge in [0.25, 0.3) is 0 Å². The third kappa shape index (κ3) is 3.82. The predicted octanol–water partition coefficient (Wildman–Crippen LogP) is 2.79. The highest BCUT2D eigenvalue weighted by Crippen LogP contribution is 2.24. The largest absolute Gasteiger partial charge is 0.384 e. The van der Waals surface area contributed by atoms with Crippen molar-refractivity contribution in [1.29, 1.82) is 0 Å². The summed E-state index contributed by atoms with van der Waals surface area (Å²) in [5.41, 5.74) is 1.58. The first-order chi connectivity index (χ1) is 9.60. The Hall–Kier alpha value is -1.37. The monoisotopic (exact) mass is 275 g/mol. The Morgan fingerprint density at radius 1 is 1.35 bits per heavy atom. The lowest BCUT2D eigenvalue weighted by molar-refractivity contribution is 0.106. The van der Waals surface area contributed by atoms with E-state index in [0.29, 0.717) is 17.5 Å². The number of aliphatic hydroxyl groups is 1. The predicted molar refractivity (Wildman–Crippen MR) is 78.6 cm³/mol. The Balaban J connectivity index is 2.14. The van der Waals surface area contributed by atoms with Crippen LogP contribution in [0, 0.1) is 23.6 Å². The van der Waals surface area contributed by atoms with Gasteiger partial charge in [0.2, 0.25) is 0 Å². The molecule has 1 aromatic rings. The van der Waals surface area contributed by atoms with Crippen molar-refractivity contribution in [2.24, 2.45) is 5.92 Å². The molecule has 2 atom stereocenters. The molecule has 2 unspecified atom stereocenters. The van der Waals surface area contributed by atoms with Crippen LogP contribution >= 0.6 is 0 Å². The molecule has 0 saturated carbocycles. The van der Waals surface area contributed by atoms with Crippen LogP contribution in [0.4, 0.5) is 4.39 Å². The molecule has 0 aromatic heterocycles. The average molecular weight is 275 g/mol. The van der Waals surface area contributed by atoms with Gasteiger partial charge in [0.15, 0.2) is 0 Å². The van der Waals surface area contributed by atoms with Gasteiger partial charge in [-0.15, -0.1) is 0 Å². The van der Waals surface area contributed by atoms with Gasteiger partial charge >= 0.3 is 0 Å². The molecule has 1 N–H and O–H groups in total. The van der Waals surface area contributed by atoms with E-state index in [2.05, 4.69) is 30.6 Å². The lowest BCUT2D eigenvalue weighted by Crippen LogP contribution is -2.41. The van der Waals surface area contributed by atoms with Crippen LogP contribution in [-0.4, -0.2) is 29.2 Å². The van der Waals surface area contributed by atoms with Crippen LogP contribution in [0.1, 0.15) is 37.8 Å². The molecule has 1 aliphatic heterocycles. The van der Waals surface area contributed by atoms with Crippen LogP contribution in [0.15, 0.2) is 18.2 Å². The highest BCUT2D eigenvalue weighted by Gasteiger charge is 2.24. The van der Waals surface area contributed by atoms with E-state index in [1.807, 2.05) is 6.07 Å². The molecule has 1 saturated heterocycles. The van der Waals surface area contributed by atoms with Gasteiger partial charge < -0.3 is 5.11 Å². The summed E-state index contributed by atoms with van der Waals surface area (Å²) < 4.78 is 13.6. The molecule has 0 amide bonds. The number of halogens is 1. The van der Waals surface area contributed by atoms with Crippen molar-refractivity contribution in [1.82, 2.24) is 4.90 Å².